The van der Waals surface area contributed by atoms with E-state index in [1.807, 2.05) is 20.0 Å². The van der Waals surface area contributed by atoms with Crippen molar-refractivity contribution in [2.75, 3.05) is 6.54 Å². The summed E-state index contributed by atoms with van der Waals surface area (Å²) in [7, 11) is 1.85. The van der Waals surface area contributed by atoms with Crippen LogP contribution >= 0.6 is 12.2 Å². The van der Waals surface area contributed by atoms with Crippen molar-refractivity contribution in [1.82, 2.24) is 20.0 Å². The van der Waals surface area contributed by atoms with Gasteiger partial charge in [0.15, 0.2) is 5.11 Å². The van der Waals surface area contributed by atoms with Crippen LogP contribution in [0.4, 0.5) is 0 Å². The minimum atomic E-state index is -0.0581. The molecule has 0 aliphatic carbocycles. The number of amides is 1. The van der Waals surface area contributed by atoms with Gasteiger partial charge in [-0.05, 0) is 37.7 Å². The van der Waals surface area contributed by atoms with Gasteiger partial charge in [-0.2, -0.15) is 5.10 Å². The van der Waals surface area contributed by atoms with Crippen LogP contribution in [0.1, 0.15) is 31.2 Å². The number of aryl methyl sites for hydroxylation is 2. The monoisotopic (exact) mass is 278 g/mol. The molecular weight excluding hydrogens is 260 g/mol. The fraction of sp³-hybridized carbons (Fsp3) is 0.462. The highest BCUT2D eigenvalue weighted by Crippen LogP contribution is 2.15. The van der Waals surface area contributed by atoms with E-state index >= 15 is 0 Å². The van der Waals surface area contributed by atoms with Crippen LogP contribution in [0.2, 0.25) is 0 Å². The topological polar surface area (TPSA) is 50.2 Å². The van der Waals surface area contributed by atoms with Crippen LogP contribution in [0.3, 0.4) is 0 Å². The van der Waals surface area contributed by atoms with E-state index < -0.39 is 0 Å². The molecule has 102 valence electrons. The van der Waals surface area contributed by atoms with Crippen molar-refractivity contribution in [3.63, 3.8) is 0 Å². The van der Waals surface area contributed by atoms with E-state index in [1.54, 1.807) is 15.7 Å². The summed E-state index contributed by atoms with van der Waals surface area (Å²) in [6.45, 7) is 4.68. The Bertz CT molecular complexity index is 547. The average Bonchev–Trinajstić information content (AvgIpc) is 2.79. The van der Waals surface area contributed by atoms with E-state index in [1.165, 1.54) is 0 Å². The number of aromatic nitrogens is 2. The molecule has 1 amide bonds. The number of thiocarbonyl (C=S) groups is 1. The van der Waals surface area contributed by atoms with E-state index in [9.17, 15) is 4.79 Å². The molecule has 1 fully saturated rings. The van der Waals surface area contributed by atoms with Crippen molar-refractivity contribution < 1.29 is 4.79 Å². The molecular formula is C13H18N4OS. The lowest BCUT2D eigenvalue weighted by atomic mass is 10.3. The summed E-state index contributed by atoms with van der Waals surface area (Å²) in [4.78, 5) is 13.8. The van der Waals surface area contributed by atoms with Gasteiger partial charge in [-0.25, -0.2) is 0 Å². The second kappa shape index (κ2) is 5.52. The Morgan fingerprint density at radius 1 is 1.53 bits per heavy atom. The van der Waals surface area contributed by atoms with Gasteiger partial charge in [0.2, 0.25) is 0 Å². The predicted molar refractivity (Wildman–Crippen MR) is 78.3 cm³/mol. The zero-order chi connectivity index (χ0) is 14.0. The molecule has 19 heavy (non-hydrogen) atoms. The van der Waals surface area contributed by atoms with Crippen molar-refractivity contribution in [1.29, 1.82) is 0 Å². The summed E-state index contributed by atoms with van der Waals surface area (Å²) in [5.74, 6) is -0.0581. The van der Waals surface area contributed by atoms with Crippen molar-refractivity contribution in [3.8, 4) is 0 Å². The van der Waals surface area contributed by atoms with Crippen molar-refractivity contribution in [2.45, 2.75) is 26.7 Å². The van der Waals surface area contributed by atoms with E-state index in [2.05, 4.69) is 17.3 Å². The molecule has 2 rings (SSSR count). The molecule has 1 aliphatic heterocycles. The number of rotatable bonds is 4. The molecule has 2 heterocycles. The Balaban J connectivity index is 2.20. The van der Waals surface area contributed by atoms with Crippen LogP contribution < -0.4 is 5.32 Å². The minimum absolute atomic E-state index is 0.0581. The fourth-order valence-electron chi connectivity index (χ4n) is 2.00. The van der Waals surface area contributed by atoms with E-state index in [0.717, 1.165) is 24.2 Å². The van der Waals surface area contributed by atoms with Crippen LogP contribution in [0, 0.1) is 6.92 Å². The maximum Gasteiger partial charge on any atom is 0.276 e. The number of nitrogens with zero attached hydrogens (tertiary/aromatic N) is 3. The molecule has 1 N–H and O–H groups in total. The zero-order valence-electron chi connectivity index (χ0n) is 11.4. The second-order valence-corrected chi connectivity index (χ2v) is 5.02. The standard InChI is InChI=1S/C13H18N4OS/c1-4-5-6-17-12(18)11(14-13(17)19)8-10-7-9(2)15-16(10)3/h7-8H,4-6H2,1-3H3,(H,14,19)/b11-8+. The first-order valence-corrected chi connectivity index (χ1v) is 6.79. The SMILES string of the molecule is CCCCN1C(=O)/C(=C\c2cc(C)nn2C)NC1=S. The summed E-state index contributed by atoms with van der Waals surface area (Å²) in [5, 5.41) is 7.72. The van der Waals surface area contributed by atoms with Gasteiger partial charge >= 0.3 is 0 Å². The molecule has 0 saturated carbocycles. The Morgan fingerprint density at radius 2 is 2.26 bits per heavy atom. The van der Waals surface area contributed by atoms with Gasteiger partial charge in [-0.15, -0.1) is 0 Å². The molecule has 0 bridgehead atoms. The molecule has 0 radical (unpaired) electrons. The summed E-state index contributed by atoms with van der Waals surface area (Å²) < 4.78 is 1.75. The molecule has 1 aliphatic rings. The van der Waals surface area contributed by atoms with Crippen molar-refractivity contribution in [3.05, 3.63) is 23.2 Å². The van der Waals surface area contributed by atoms with Gasteiger partial charge in [0.05, 0.1) is 11.4 Å². The van der Waals surface area contributed by atoms with Gasteiger partial charge in [-0.3, -0.25) is 14.4 Å². The summed E-state index contributed by atoms with van der Waals surface area (Å²) in [6.07, 6.45) is 3.78. The minimum Gasteiger partial charge on any atom is -0.328 e. The van der Waals surface area contributed by atoms with Crippen molar-refractivity contribution >= 4 is 29.3 Å². The smallest absolute Gasteiger partial charge is 0.276 e. The number of carbonyl (C=O) groups is 1. The van der Waals surface area contributed by atoms with Crippen LogP contribution in [-0.2, 0) is 11.8 Å². The second-order valence-electron chi connectivity index (χ2n) is 4.63. The Kier molecular flexibility index (Phi) is 3.99. The third-order valence-corrected chi connectivity index (χ3v) is 3.35. The highest BCUT2D eigenvalue weighted by atomic mass is 32.1. The Hall–Kier alpha value is -1.69. The van der Waals surface area contributed by atoms with Crippen LogP contribution in [0.25, 0.3) is 6.08 Å². The van der Waals surface area contributed by atoms with Gasteiger partial charge in [0.25, 0.3) is 5.91 Å². The Labute approximate surface area is 118 Å². The zero-order valence-corrected chi connectivity index (χ0v) is 12.3. The number of unbranched alkanes of at least 4 members (excludes halogenated alkanes) is 1. The first-order valence-electron chi connectivity index (χ1n) is 6.38. The maximum atomic E-state index is 12.2. The molecule has 0 unspecified atom stereocenters. The third kappa shape index (κ3) is 2.84. The largest absolute Gasteiger partial charge is 0.328 e. The van der Waals surface area contributed by atoms with E-state index in [4.69, 9.17) is 12.2 Å². The van der Waals surface area contributed by atoms with Crippen LogP contribution in [0.5, 0.6) is 0 Å². The van der Waals surface area contributed by atoms with Crippen molar-refractivity contribution in [2.24, 2.45) is 7.05 Å². The quantitative estimate of drug-likeness (QED) is 0.671. The molecule has 5 nitrogen and oxygen atoms in total. The predicted octanol–water partition coefficient (Wildman–Crippen LogP) is 1.59. The van der Waals surface area contributed by atoms with Gasteiger partial charge in [0, 0.05) is 13.6 Å². The molecule has 0 atom stereocenters. The van der Waals surface area contributed by atoms with Crippen LogP contribution in [-0.4, -0.2) is 32.2 Å². The number of carbonyl (C=O) groups excluding carboxylic acids is 1. The molecule has 1 aromatic heterocycles. The maximum absolute atomic E-state index is 12.2. The molecule has 0 aromatic carbocycles. The first-order chi connectivity index (χ1) is 9.02. The fourth-order valence-corrected chi connectivity index (χ4v) is 2.29. The summed E-state index contributed by atoms with van der Waals surface area (Å²) >= 11 is 5.19. The van der Waals surface area contributed by atoms with Gasteiger partial charge in [0.1, 0.15) is 5.70 Å². The lowest BCUT2D eigenvalue weighted by molar-refractivity contribution is -0.122. The number of nitrogens with one attached hydrogen (secondary N) is 1. The van der Waals surface area contributed by atoms with E-state index in [0.29, 0.717) is 17.4 Å². The van der Waals surface area contributed by atoms with Crippen LogP contribution in [0.15, 0.2) is 11.8 Å². The highest BCUT2D eigenvalue weighted by Gasteiger charge is 2.30. The number of hydrogen-bond acceptors (Lipinski definition) is 3. The highest BCUT2D eigenvalue weighted by molar-refractivity contribution is 7.80. The summed E-state index contributed by atoms with van der Waals surface area (Å²) in [5.41, 5.74) is 2.32. The number of hydrogen-bond donors (Lipinski definition) is 1. The molecule has 6 heteroatoms. The normalized spacial score (nSPS) is 17.4. The average molecular weight is 278 g/mol. The third-order valence-electron chi connectivity index (χ3n) is 3.03. The Morgan fingerprint density at radius 3 is 2.84 bits per heavy atom. The molecule has 1 aromatic rings. The lowest BCUT2D eigenvalue weighted by Crippen LogP contribution is -2.31. The van der Waals surface area contributed by atoms with E-state index in [-0.39, 0.29) is 5.91 Å². The van der Waals surface area contributed by atoms with Gasteiger partial charge < -0.3 is 5.32 Å². The first kappa shape index (κ1) is 13.7. The summed E-state index contributed by atoms with van der Waals surface area (Å²) in [6, 6.07) is 1.93. The molecule has 0 spiro atoms. The van der Waals surface area contributed by atoms with Gasteiger partial charge in [-0.1, -0.05) is 13.3 Å². The molecule has 1 saturated heterocycles. The lowest BCUT2D eigenvalue weighted by Gasteiger charge is -2.12.